The minimum Gasteiger partial charge on any atom is -0.349 e. The first-order valence-corrected chi connectivity index (χ1v) is 6.89. The van der Waals surface area contributed by atoms with Crippen LogP contribution in [0, 0.1) is 0 Å². The van der Waals surface area contributed by atoms with E-state index in [0.717, 1.165) is 17.6 Å². The van der Waals surface area contributed by atoms with Crippen LogP contribution in [0.5, 0.6) is 0 Å². The maximum absolute atomic E-state index is 4.49. The summed E-state index contributed by atoms with van der Waals surface area (Å²) in [5.74, 6) is 0.616. The molecule has 5 nitrogen and oxygen atoms in total. The quantitative estimate of drug-likeness (QED) is 0.907. The van der Waals surface area contributed by atoms with Crippen molar-refractivity contribution in [2.45, 2.75) is 25.8 Å². The van der Waals surface area contributed by atoms with Crippen LogP contribution < -0.4 is 5.32 Å². The second-order valence-electron chi connectivity index (χ2n) is 5.18. The molecular weight excluding hydrogens is 238 g/mol. The predicted octanol–water partition coefficient (Wildman–Crippen LogP) is 1.92. The summed E-state index contributed by atoms with van der Waals surface area (Å²) in [6.07, 6.45) is 2.64. The number of nitrogens with zero attached hydrogens (tertiary/aromatic N) is 4. The number of nitrogens with one attached hydrogen (secondary N) is 1. The maximum Gasteiger partial charge on any atom is 0.243 e. The molecule has 100 valence electrons. The van der Waals surface area contributed by atoms with E-state index in [1.165, 1.54) is 25.9 Å². The summed E-state index contributed by atoms with van der Waals surface area (Å²) in [6, 6.07) is 8.13. The highest BCUT2D eigenvalue weighted by molar-refractivity contribution is 5.74. The molecule has 0 spiro atoms. The van der Waals surface area contributed by atoms with E-state index in [1.807, 2.05) is 24.3 Å². The fourth-order valence-corrected chi connectivity index (χ4v) is 2.56. The molecule has 2 heterocycles. The van der Waals surface area contributed by atoms with Crippen LogP contribution in [0.1, 0.15) is 19.8 Å². The lowest BCUT2D eigenvalue weighted by molar-refractivity contribution is 0.327. The second-order valence-corrected chi connectivity index (χ2v) is 5.18. The summed E-state index contributed by atoms with van der Waals surface area (Å²) in [6.45, 7) is 5.62. The van der Waals surface area contributed by atoms with E-state index in [9.17, 15) is 0 Å². The van der Waals surface area contributed by atoms with E-state index < -0.39 is 0 Å². The highest BCUT2D eigenvalue weighted by atomic mass is 15.3. The van der Waals surface area contributed by atoms with Crippen LogP contribution in [0.15, 0.2) is 24.3 Å². The molecule has 1 aromatic carbocycles. The van der Waals surface area contributed by atoms with E-state index in [-0.39, 0.29) is 0 Å². The summed E-state index contributed by atoms with van der Waals surface area (Å²) in [5, 5.41) is 11.6. The molecule has 1 aliphatic rings. The molecule has 1 fully saturated rings. The molecule has 1 aromatic heterocycles. The van der Waals surface area contributed by atoms with E-state index in [2.05, 4.69) is 32.3 Å². The lowest BCUT2D eigenvalue weighted by atomic mass is 10.3. The number of hydrogen-bond donors (Lipinski definition) is 1. The number of para-hydroxylation sites is 1. The topological polar surface area (TPSA) is 53.9 Å². The Morgan fingerprint density at radius 3 is 2.68 bits per heavy atom. The molecule has 3 rings (SSSR count). The molecule has 0 bridgehead atoms. The molecule has 0 radical (unpaired) electrons. The highest BCUT2D eigenvalue weighted by Gasteiger charge is 2.15. The van der Waals surface area contributed by atoms with Gasteiger partial charge < -0.3 is 10.2 Å². The van der Waals surface area contributed by atoms with E-state index in [0.29, 0.717) is 12.0 Å². The summed E-state index contributed by atoms with van der Waals surface area (Å²) in [5.41, 5.74) is 1.72. The number of anilines is 1. The van der Waals surface area contributed by atoms with Gasteiger partial charge >= 0.3 is 0 Å². The smallest absolute Gasteiger partial charge is 0.243 e. The second kappa shape index (κ2) is 5.48. The van der Waals surface area contributed by atoms with Crippen molar-refractivity contribution in [1.82, 2.24) is 20.1 Å². The van der Waals surface area contributed by atoms with Gasteiger partial charge in [0.05, 0.1) is 5.52 Å². The first kappa shape index (κ1) is 12.3. The Morgan fingerprint density at radius 1 is 1.16 bits per heavy atom. The Labute approximate surface area is 113 Å². The number of hydrogen-bond acceptors (Lipinski definition) is 5. The van der Waals surface area contributed by atoms with Gasteiger partial charge in [-0.3, -0.25) is 0 Å². The molecule has 1 N–H and O–H groups in total. The van der Waals surface area contributed by atoms with Crippen LogP contribution in [0.25, 0.3) is 11.0 Å². The van der Waals surface area contributed by atoms with E-state index >= 15 is 0 Å². The summed E-state index contributed by atoms with van der Waals surface area (Å²) >= 11 is 0. The molecule has 1 saturated heterocycles. The zero-order valence-electron chi connectivity index (χ0n) is 11.2. The molecule has 1 atom stereocenters. The molecule has 0 amide bonds. The standard InChI is InChI=1S/C14H19N5/c1-11(10-19-8-4-5-9-19)15-14-16-12-6-2-3-7-13(12)17-18-14/h2-3,6-7,11H,4-5,8-10H2,1H3,(H,15,16,18). The summed E-state index contributed by atoms with van der Waals surface area (Å²) in [4.78, 5) is 6.96. The van der Waals surface area contributed by atoms with Crippen LogP contribution in [0.2, 0.25) is 0 Å². The molecule has 2 aromatic rings. The molecule has 0 saturated carbocycles. The van der Waals surface area contributed by atoms with Gasteiger partial charge in [0.2, 0.25) is 5.95 Å². The minimum atomic E-state index is 0.334. The van der Waals surface area contributed by atoms with Gasteiger partial charge in [-0.25, -0.2) is 4.98 Å². The van der Waals surface area contributed by atoms with Gasteiger partial charge in [0.1, 0.15) is 5.52 Å². The summed E-state index contributed by atoms with van der Waals surface area (Å²) in [7, 11) is 0. The Hall–Kier alpha value is -1.75. The monoisotopic (exact) mass is 257 g/mol. The SMILES string of the molecule is CC(CN1CCCC1)Nc1nnc2ccccc2n1. The van der Waals surface area contributed by atoms with Crippen molar-refractivity contribution in [3.05, 3.63) is 24.3 Å². The van der Waals surface area contributed by atoms with Crippen molar-refractivity contribution in [2.24, 2.45) is 0 Å². The zero-order valence-corrected chi connectivity index (χ0v) is 11.2. The highest BCUT2D eigenvalue weighted by Crippen LogP contribution is 2.11. The van der Waals surface area contributed by atoms with Gasteiger partial charge in [-0.15, -0.1) is 10.2 Å². The first-order chi connectivity index (χ1) is 9.31. The average Bonchev–Trinajstić information content (AvgIpc) is 2.91. The van der Waals surface area contributed by atoms with Gasteiger partial charge in [-0.2, -0.15) is 0 Å². The third-order valence-corrected chi connectivity index (χ3v) is 3.47. The Morgan fingerprint density at radius 2 is 1.89 bits per heavy atom. The van der Waals surface area contributed by atoms with Crippen LogP contribution in [0.4, 0.5) is 5.95 Å². The normalized spacial score (nSPS) is 17.7. The van der Waals surface area contributed by atoms with Crippen molar-refractivity contribution in [3.63, 3.8) is 0 Å². The van der Waals surface area contributed by atoms with E-state index in [4.69, 9.17) is 0 Å². The van der Waals surface area contributed by atoms with Crippen molar-refractivity contribution >= 4 is 17.0 Å². The third-order valence-electron chi connectivity index (χ3n) is 3.47. The fourth-order valence-electron chi connectivity index (χ4n) is 2.56. The van der Waals surface area contributed by atoms with Crippen LogP contribution >= 0.6 is 0 Å². The number of rotatable bonds is 4. The van der Waals surface area contributed by atoms with Gasteiger partial charge in [0, 0.05) is 12.6 Å². The largest absolute Gasteiger partial charge is 0.349 e. The fraction of sp³-hybridized carbons (Fsp3) is 0.500. The number of fused-ring (bicyclic) bond motifs is 1. The molecule has 1 unspecified atom stereocenters. The van der Waals surface area contributed by atoms with Gasteiger partial charge in [0.25, 0.3) is 0 Å². The maximum atomic E-state index is 4.49. The molecule has 19 heavy (non-hydrogen) atoms. The van der Waals surface area contributed by atoms with Crippen molar-refractivity contribution in [3.8, 4) is 0 Å². The molecular formula is C14H19N5. The number of likely N-dealkylation sites (tertiary alicyclic amines) is 1. The Balaban J connectivity index is 1.66. The minimum absolute atomic E-state index is 0.334. The number of benzene rings is 1. The molecule has 0 aliphatic carbocycles. The summed E-state index contributed by atoms with van der Waals surface area (Å²) < 4.78 is 0. The first-order valence-electron chi connectivity index (χ1n) is 6.89. The molecule has 5 heteroatoms. The van der Waals surface area contributed by atoms with Crippen LogP contribution in [0.3, 0.4) is 0 Å². The Bertz CT molecular complexity index is 550. The average molecular weight is 257 g/mol. The van der Waals surface area contributed by atoms with Crippen molar-refractivity contribution < 1.29 is 0 Å². The van der Waals surface area contributed by atoms with Crippen molar-refractivity contribution in [1.29, 1.82) is 0 Å². The van der Waals surface area contributed by atoms with Crippen LogP contribution in [-0.2, 0) is 0 Å². The zero-order chi connectivity index (χ0) is 13.1. The van der Waals surface area contributed by atoms with Gasteiger partial charge in [0.15, 0.2) is 0 Å². The van der Waals surface area contributed by atoms with E-state index in [1.54, 1.807) is 0 Å². The van der Waals surface area contributed by atoms with Crippen LogP contribution in [-0.4, -0.2) is 45.8 Å². The third kappa shape index (κ3) is 2.98. The van der Waals surface area contributed by atoms with Gasteiger partial charge in [-0.1, -0.05) is 12.1 Å². The van der Waals surface area contributed by atoms with Crippen molar-refractivity contribution in [2.75, 3.05) is 25.0 Å². The predicted molar refractivity (Wildman–Crippen MR) is 76.1 cm³/mol. The Kier molecular flexibility index (Phi) is 3.55. The van der Waals surface area contributed by atoms with Gasteiger partial charge in [-0.05, 0) is 45.0 Å². The number of aromatic nitrogens is 3. The molecule has 1 aliphatic heterocycles. The lowest BCUT2D eigenvalue weighted by Crippen LogP contribution is -2.33. The lowest BCUT2D eigenvalue weighted by Gasteiger charge is -2.20.